The Bertz CT molecular complexity index is 693. The second-order valence-electron chi connectivity index (χ2n) is 6.42. The first-order chi connectivity index (χ1) is 12.4. The van der Waals surface area contributed by atoms with Crippen molar-refractivity contribution < 1.29 is 17.9 Å². The van der Waals surface area contributed by atoms with Crippen molar-refractivity contribution in [3.05, 3.63) is 36.9 Å². The van der Waals surface area contributed by atoms with E-state index in [9.17, 15) is 13.2 Å². The molecule has 1 atom stereocenters. The van der Waals surface area contributed by atoms with Crippen molar-refractivity contribution in [1.29, 1.82) is 0 Å². The topological polar surface area (TPSA) is 75.7 Å². The highest BCUT2D eigenvalue weighted by molar-refractivity contribution is 7.89. The van der Waals surface area contributed by atoms with E-state index in [4.69, 9.17) is 4.74 Å². The summed E-state index contributed by atoms with van der Waals surface area (Å²) in [5.74, 6) is -0.266. The zero-order valence-electron chi connectivity index (χ0n) is 15.3. The summed E-state index contributed by atoms with van der Waals surface area (Å²) in [7, 11) is -3.48. The van der Waals surface area contributed by atoms with E-state index in [1.54, 1.807) is 41.6 Å². The molecule has 1 aromatic carbocycles. The fourth-order valence-corrected chi connectivity index (χ4v) is 4.31. The van der Waals surface area contributed by atoms with E-state index in [-0.39, 0.29) is 10.8 Å². The van der Waals surface area contributed by atoms with Gasteiger partial charge in [0.2, 0.25) is 10.0 Å². The van der Waals surface area contributed by atoms with Gasteiger partial charge in [0.1, 0.15) is 6.10 Å². The largest absolute Gasteiger partial charge is 0.368 e. The van der Waals surface area contributed by atoms with E-state index in [1.807, 2.05) is 0 Å². The number of sulfonamides is 1. The number of amides is 1. The van der Waals surface area contributed by atoms with Crippen molar-refractivity contribution in [3.63, 3.8) is 0 Å². The highest BCUT2D eigenvalue weighted by atomic mass is 32.2. The second-order valence-corrected chi connectivity index (χ2v) is 8.36. The monoisotopic (exact) mass is 380 g/mol. The predicted molar refractivity (Wildman–Crippen MR) is 103 cm³/mol. The smallest absolute Gasteiger partial charge is 0.253 e. The lowest BCUT2D eigenvalue weighted by Crippen LogP contribution is -2.32. The van der Waals surface area contributed by atoms with E-state index < -0.39 is 16.1 Å². The molecule has 7 heteroatoms. The molecule has 0 unspecified atom stereocenters. The van der Waals surface area contributed by atoms with Gasteiger partial charge in [0.15, 0.2) is 0 Å². The van der Waals surface area contributed by atoms with Gasteiger partial charge in [-0.3, -0.25) is 4.79 Å². The lowest BCUT2D eigenvalue weighted by Gasteiger charge is -2.20. The first-order valence-electron chi connectivity index (χ1n) is 9.08. The van der Waals surface area contributed by atoms with Crippen molar-refractivity contribution in [2.24, 2.45) is 0 Å². The van der Waals surface area contributed by atoms with Crippen molar-refractivity contribution in [2.75, 3.05) is 25.0 Å². The van der Waals surface area contributed by atoms with Gasteiger partial charge in [-0.15, -0.1) is 6.58 Å². The number of nitrogens with one attached hydrogen (secondary N) is 1. The van der Waals surface area contributed by atoms with Crippen LogP contribution in [0.1, 0.15) is 39.0 Å². The Hall–Kier alpha value is -1.70. The molecule has 1 amide bonds. The molecule has 144 valence electrons. The molecule has 2 rings (SSSR count). The Morgan fingerprint density at radius 2 is 1.85 bits per heavy atom. The summed E-state index contributed by atoms with van der Waals surface area (Å²) in [6.45, 7) is 6.86. The predicted octanol–water partition coefficient (Wildman–Crippen LogP) is 3.17. The van der Waals surface area contributed by atoms with Crippen LogP contribution in [0, 0.1) is 0 Å². The molecule has 0 saturated carbocycles. The highest BCUT2D eigenvalue weighted by Gasteiger charge is 2.25. The number of benzene rings is 1. The molecule has 0 aromatic heterocycles. The average molecular weight is 381 g/mol. The van der Waals surface area contributed by atoms with Crippen molar-refractivity contribution in [3.8, 4) is 0 Å². The standard InChI is InChI=1S/C19H28N2O4S/c1-3-4-15-25-16(2)19(22)20-17-9-11-18(12-10-17)26(23,24)21-13-7-5-6-8-14-21/h3,9-12,16H,1,4-8,13-15H2,2H3,(H,20,22)/t16-/m1/s1. The molecule has 1 aliphatic rings. The van der Waals surface area contributed by atoms with Gasteiger partial charge < -0.3 is 10.1 Å². The quantitative estimate of drug-likeness (QED) is 0.555. The Morgan fingerprint density at radius 1 is 1.23 bits per heavy atom. The summed E-state index contributed by atoms with van der Waals surface area (Å²) in [4.78, 5) is 12.3. The zero-order chi connectivity index (χ0) is 19.0. The number of carbonyl (C=O) groups is 1. The third-order valence-corrected chi connectivity index (χ3v) is 6.30. The SMILES string of the molecule is C=CCCO[C@H](C)C(=O)Nc1ccc(S(=O)(=O)N2CCCCCC2)cc1. The number of anilines is 1. The Kier molecular flexibility index (Phi) is 7.81. The summed E-state index contributed by atoms with van der Waals surface area (Å²) < 4.78 is 32.4. The van der Waals surface area contributed by atoms with Gasteiger partial charge in [0.05, 0.1) is 11.5 Å². The minimum absolute atomic E-state index is 0.257. The number of carbonyl (C=O) groups excluding carboxylic acids is 1. The Labute approximate surface area is 156 Å². The van der Waals surface area contributed by atoms with Crippen molar-refractivity contribution in [2.45, 2.75) is 50.0 Å². The maximum absolute atomic E-state index is 12.7. The molecule has 0 aliphatic carbocycles. The third kappa shape index (κ3) is 5.65. The van der Waals surface area contributed by atoms with Crippen molar-refractivity contribution >= 4 is 21.6 Å². The number of hydrogen-bond donors (Lipinski definition) is 1. The Morgan fingerprint density at radius 3 is 2.42 bits per heavy atom. The summed E-state index contributed by atoms with van der Waals surface area (Å²) in [5.41, 5.74) is 0.545. The maximum Gasteiger partial charge on any atom is 0.253 e. The van der Waals surface area contributed by atoms with Crippen LogP contribution >= 0.6 is 0 Å². The summed E-state index contributed by atoms with van der Waals surface area (Å²) in [5, 5.41) is 2.74. The number of nitrogens with zero attached hydrogens (tertiary/aromatic N) is 1. The van der Waals surface area contributed by atoms with E-state index in [0.717, 1.165) is 25.7 Å². The van der Waals surface area contributed by atoms with Gasteiger partial charge in [0.25, 0.3) is 5.91 Å². The normalized spacial score (nSPS) is 17.3. The van der Waals surface area contributed by atoms with Gasteiger partial charge in [-0.25, -0.2) is 8.42 Å². The molecule has 6 nitrogen and oxygen atoms in total. The Balaban J connectivity index is 1.98. The highest BCUT2D eigenvalue weighted by Crippen LogP contribution is 2.22. The molecule has 1 fully saturated rings. The second kappa shape index (κ2) is 9.85. The van der Waals surface area contributed by atoms with Crippen LogP contribution in [0.25, 0.3) is 0 Å². The van der Waals surface area contributed by atoms with Crippen LogP contribution in [-0.2, 0) is 19.6 Å². The molecule has 0 bridgehead atoms. The van der Waals surface area contributed by atoms with E-state index in [2.05, 4.69) is 11.9 Å². The summed E-state index contributed by atoms with van der Waals surface area (Å²) in [6.07, 6.45) is 5.77. The molecule has 26 heavy (non-hydrogen) atoms. The first-order valence-corrected chi connectivity index (χ1v) is 10.5. The molecule has 1 aliphatic heterocycles. The van der Waals surface area contributed by atoms with Gasteiger partial charge in [-0.05, 0) is 50.5 Å². The third-order valence-electron chi connectivity index (χ3n) is 4.38. The van der Waals surface area contributed by atoms with E-state index in [0.29, 0.717) is 31.8 Å². The maximum atomic E-state index is 12.7. The van der Waals surface area contributed by atoms with Crippen LogP contribution in [0.2, 0.25) is 0 Å². The van der Waals surface area contributed by atoms with Gasteiger partial charge in [-0.2, -0.15) is 4.31 Å². The number of ether oxygens (including phenoxy) is 1. The molecule has 1 aromatic rings. The fourth-order valence-electron chi connectivity index (χ4n) is 2.79. The molecular weight excluding hydrogens is 352 g/mol. The fraction of sp³-hybridized carbons (Fsp3) is 0.526. The van der Waals surface area contributed by atoms with E-state index in [1.165, 1.54) is 0 Å². The summed E-state index contributed by atoms with van der Waals surface area (Å²) >= 11 is 0. The van der Waals surface area contributed by atoms with E-state index >= 15 is 0 Å². The van der Waals surface area contributed by atoms with Crippen LogP contribution in [0.4, 0.5) is 5.69 Å². The van der Waals surface area contributed by atoms with Crippen LogP contribution in [0.3, 0.4) is 0 Å². The molecule has 1 heterocycles. The minimum atomic E-state index is -3.48. The van der Waals surface area contributed by atoms with Crippen LogP contribution < -0.4 is 5.32 Å². The lowest BCUT2D eigenvalue weighted by atomic mass is 10.2. The van der Waals surface area contributed by atoms with Gasteiger partial charge in [-0.1, -0.05) is 18.9 Å². The van der Waals surface area contributed by atoms with Crippen LogP contribution in [-0.4, -0.2) is 44.4 Å². The van der Waals surface area contributed by atoms with Gasteiger partial charge in [0, 0.05) is 18.8 Å². The average Bonchev–Trinajstić information content (AvgIpc) is 2.92. The first kappa shape index (κ1) is 20.6. The summed E-state index contributed by atoms with van der Waals surface area (Å²) in [6, 6.07) is 6.30. The molecular formula is C19H28N2O4S. The van der Waals surface area contributed by atoms with Crippen molar-refractivity contribution in [1.82, 2.24) is 4.31 Å². The number of hydrogen-bond acceptors (Lipinski definition) is 4. The van der Waals surface area contributed by atoms with Crippen LogP contribution in [0.15, 0.2) is 41.8 Å². The molecule has 0 spiro atoms. The zero-order valence-corrected chi connectivity index (χ0v) is 16.1. The molecule has 1 saturated heterocycles. The number of rotatable bonds is 8. The van der Waals surface area contributed by atoms with Gasteiger partial charge >= 0.3 is 0 Å². The lowest BCUT2D eigenvalue weighted by molar-refractivity contribution is -0.126. The molecule has 1 N–H and O–H groups in total. The molecule has 0 radical (unpaired) electrons. The van der Waals surface area contributed by atoms with Crippen LogP contribution in [0.5, 0.6) is 0 Å². The minimum Gasteiger partial charge on any atom is -0.368 e.